The Morgan fingerprint density at radius 3 is 2.56 bits per heavy atom. The van der Waals surface area contributed by atoms with Gasteiger partial charge in [-0.15, -0.1) is 0 Å². The van der Waals surface area contributed by atoms with Crippen LogP contribution in [0.15, 0.2) is 18.2 Å². The molecule has 88 valence electrons. The summed E-state index contributed by atoms with van der Waals surface area (Å²) >= 11 is 6.19. The maximum Gasteiger partial charge on any atom is 0.122 e. The zero-order valence-electron chi connectivity index (χ0n) is 9.76. The number of hydrogen-bond acceptors (Lipinski definition) is 2. The molecule has 0 saturated carbocycles. The Kier molecular flexibility index (Phi) is 4.62. The maximum atomic E-state index is 7.34. The molecule has 1 rings (SSSR count). The molecule has 0 atom stereocenters. The van der Waals surface area contributed by atoms with Crippen molar-refractivity contribution in [3.8, 4) is 0 Å². The first-order valence-corrected chi connectivity index (χ1v) is 5.86. The predicted molar refractivity (Wildman–Crippen MR) is 70.6 cm³/mol. The Balaban J connectivity index is 3.01. The average molecular weight is 240 g/mol. The van der Waals surface area contributed by atoms with E-state index in [0.29, 0.717) is 10.6 Å². The van der Waals surface area contributed by atoms with Crippen molar-refractivity contribution in [2.24, 2.45) is 5.73 Å². The Hall–Kier alpha value is -1.22. The molecule has 0 saturated heterocycles. The smallest absolute Gasteiger partial charge is 0.122 e. The van der Waals surface area contributed by atoms with Crippen molar-refractivity contribution >= 4 is 23.1 Å². The molecule has 0 heterocycles. The van der Waals surface area contributed by atoms with Crippen LogP contribution >= 0.6 is 11.6 Å². The summed E-state index contributed by atoms with van der Waals surface area (Å²) in [4.78, 5) is 2.21. The van der Waals surface area contributed by atoms with Crippen LogP contribution in [0, 0.1) is 5.41 Å². The van der Waals surface area contributed by atoms with Gasteiger partial charge in [0.1, 0.15) is 5.84 Å². The zero-order chi connectivity index (χ0) is 12.1. The summed E-state index contributed by atoms with van der Waals surface area (Å²) in [6.45, 7) is 6.15. The quantitative estimate of drug-likeness (QED) is 0.613. The van der Waals surface area contributed by atoms with Crippen LogP contribution in [-0.2, 0) is 0 Å². The van der Waals surface area contributed by atoms with Crippen molar-refractivity contribution in [1.82, 2.24) is 0 Å². The van der Waals surface area contributed by atoms with Gasteiger partial charge in [-0.25, -0.2) is 0 Å². The Bertz CT molecular complexity index is 377. The summed E-state index contributed by atoms with van der Waals surface area (Å²) in [5.41, 5.74) is 7.09. The first-order chi connectivity index (χ1) is 7.60. The third-order valence-corrected chi connectivity index (χ3v) is 2.78. The largest absolute Gasteiger partial charge is 0.384 e. The number of hydrogen-bond donors (Lipinski definition) is 2. The van der Waals surface area contributed by atoms with Crippen LogP contribution in [0.4, 0.5) is 5.69 Å². The van der Waals surface area contributed by atoms with Gasteiger partial charge in [0, 0.05) is 18.7 Å². The van der Waals surface area contributed by atoms with Gasteiger partial charge in [0.05, 0.1) is 10.7 Å². The zero-order valence-corrected chi connectivity index (χ0v) is 10.5. The lowest BCUT2D eigenvalue weighted by Gasteiger charge is -2.23. The van der Waals surface area contributed by atoms with Crippen LogP contribution in [0.25, 0.3) is 0 Å². The number of nitrogens with one attached hydrogen (secondary N) is 1. The van der Waals surface area contributed by atoms with Gasteiger partial charge in [-0.2, -0.15) is 0 Å². The fraction of sp³-hybridized carbons (Fsp3) is 0.417. The summed E-state index contributed by atoms with van der Waals surface area (Å²) in [6.07, 6.45) is 1.08. The third kappa shape index (κ3) is 2.89. The van der Waals surface area contributed by atoms with E-state index in [4.69, 9.17) is 22.7 Å². The van der Waals surface area contributed by atoms with E-state index in [1.807, 2.05) is 12.1 Å². The van der Waals surface area contributed by atoms with E-state index < -0.39 is 0 Å². The van der Waals surface area contributed by atoms with Crippen LogP contribution in [0.3, 0.4) is 0 Å². The molecule has 0 spiro atoms. The van der Waals surface area contributed by atoms with E-state index >= 15 is 0 Å². The summed E-state index contributed by atoms with van der Waals surface area (Å²) in [6, 6.07) is 5.51. The normalized spacial score (nSPS) is 10.2. The van der Waals surface area contributed by atoms with Crippen LogP contribution in [-0.4, -0.2) is 18.9 Å². The molecule has 4 heteroatoms. The van der Waals surface area contributed by atoms with Gasteiger partial charge >= 0.3 is 0 Å². The van der Waals surface area contributed by atoms with E-state index in [1.165, 1.54) is 0 Å². The second-order valence-electron chi connectivity index (χ2n) is 3.66. The fourth-order valence-electron chi connectivity index (χ4n) is 1.65. The summed E-state index contributed by atoms with van der Waals surface area (Å²) in [5.74, 6) is 0.0481. The van der Waals surface area contributed by atoms with Gasteiger partial charge in [-0.1, -0.05) is 18.5 Å². The van der Waals surface area contributed by atoms with Gasteiger partial charge in [-0.05, 0) is 31.5 Å². The molecule has 16 heavy (non-hydrogen) atoms. The van der Waals surface area contributed by atoms with Crippen molar-refractivity contribution in [2.75, 3.05) is 18.0 Å². The molecule has 3 nitrogen and oxygen atoms in total. The number of nitrogens with two attached hydrogens (primary N) is 1. The molecule has 0 amide bonds. The number of nitrogens with zero attached hydrogens (tertiary/aromatic N) is 1. The molecule has 0 aromatic heterocycles. The van der Waals surface area contributed by atoms with Crippen molar-refractivity contribution < 1.29 is 0 Å². The van der Waals surface area contributed by atoms with E-state index in [2.05, 4.69) is 18.7 Å². The number of rotatable bonds is 5. The fourth-order valence-corrected chi connectivity index (χ4v) is 1.95. The molecule has 0 aliphatic carbocycles. The van der Waals surface area contributed by atoms with E-state index in [0.717, 1.165) is 25.2 Å². The molecule has 0 fully saturated rings. The van der Waals surface area contributed by atoms with Gasteiger partial charge in [0.2, 0.25) is 0 Å². The number of benzene rings is 1. The topological polar surface area (TPSA) is 53.1 Å². The highest BCUT2D eigenvalue weighted by atomic mass is 35.5. The van der Waals surface area contributed by atoms with E-state index in [-0.39, 0.29) is 5.84 Å². The predicted octanol–water partition coefficient (Wildman–Crippen LogP) is 2.86. The molecule has 0 unspecified atom stereocenters. The second-order valence-corrected chi connectivity index (χ2v) is 4.07. The SMILES string of the molecule is CCCN(CC)c1ccc(C(=N)N)cc1Cl. The number of nitrogen functional groups attached to an aromatic ring is 1. The highest BCUT2D eigenvalue weighted by Crippen LogP contribution is 2.26. The van der Waals surface area contributed by atoms with Gasteiger partial charge in [0.25, 0.3) is 0 Å². The van der Waals surface area contributed by atoms with Crippen molar-refractivity contribution in [3.63, 3.8) is 0 Å². The highest BCUT2D eigenvalue weighted by Gasteiger charge is 2.09. The van der Waals surface area contributed by atoms with Gasteiger partial charge < -0.3 is 10.6 Å². The summed E-state index contributed by atoms with van der Waals surface area (Å²) in [7, 11) is 0. The third-order valence-electron chi connectivity index (χ3n) is 2.47. The minimum absolute atomic E-state index is 0.0481. The number of anilines is 1. The molecular weight excluding hydrogens is 222 g/mol. The molecule has 0 aliphatic heterocycles. The summed E-state index contributed by atoms with van der Waals surface area (Å²) in [5, 5.41) is 8.00. The molecular formula is C12H18ClN3. The first kappa shape index (κ1) is 12.8. The van der Waals surface area contributed by atoms with Crippen LogP contribution in [0.1, 0.15) is 25.8 Å². The highest BCUT2D eigenvalue weighted by molar-refractivity contribution is 6.33. The van der Waals surface area contributed by atoms with Crippen molar-refractivity contribution in [1.29, 1.82) is 5.41 Å². The summed E-state index contributed by atoms with van der Waals surface area (Å²) < 4.78 is 0. The van der Waals surface area contributed by atoms with Crippen LogP contribution in [0.5, 0.6) is 0 Å². The van der Waals surface area contributed by atoms with E-state index in [9.17, 15) is 0 Å². The Morgan fingerprint density at radius 1 is 1.44 bits per heavy atom. The average Bonchev–Trinajstić information content (AvgIpc) is 2.26. The Morgan fingerprint density at radius 2 is 2.12 bits per heavy atom. The standard InChI is InChI=1S/C12H18ClN3/c1-3-7-16(4-2)11-6-5-9(12(14)15)8-10(11)13/h5-6,8H,3-4,7H2,1-2H3,(H3,14,15). The van der Waals surface area contributed by atoms with E-state index in [1.54, 1.807) is 6.07 Å². The second kappa shape index (κ2) is 5.75. The lowest BCUT2D eigenvalue weighted by Crippen LogP contribution is -2.24. The Labute approximate surface area is 102 Å². The van der Waals surface area contributed by atoms with Crippen molar-refractivity contribution in [2.45, 2.75) is 20.3 Å². The molecule has 0 aliphatic rings. The lowest BCUT2D eigenvalue weighted by atomic mass is 10.1. The first-order valence-electron chi connectivity index (χ1n) is 5.49. The molecule has 0 bridgehead atoms. The molecule has 3 N–H and O–H groups in total. The lowest BCUT2D eigenvalue weighted by molar-refractivity contribution is 0.792. The van der Waals surface area contributed by atoms with Gasteiger partial charge in [0.15, 0.2) is 0 Å². The monoisotopic (exact) mass is 239 g/mol. The molecule has 1 aromatic carbocycles. The number of halogens is 1. The van der Waals surface area contributed by atoms with Crippen molar-refractivity contribution in [3.05, 3.63) is 28.8 Å². The van der Waals surface area contributed by atoms with Crippen LogP contribution in [0.2, 0.25) is 5.02 Å². The van der Waals surface area contributed by atoms with Gasteiger partial charge in [-0.3, -0.25) is 5.41 Å². The maximum absolute atomic E-state index is 7.34. The minimum Gasteiger partial charge on any atom is -0.384 e. The molecule has 1 aromatic rings. The van der Waals surface area contributed by atoms with Crippen LogP contribution < -0.4 is 10.6 Å². The number of amidine groups is 1. The molecule has 0 radical (unpaired) electrons. The minimum atomic E-state index is 0.0481.